The number of hydrogen-bond donors (Lipinski definition) is 2. The average Bonchev–Trinajstić information content (AvgIpc) is 3.47. The number of anilines is 4. The molecular weight excluding hydrogens is 562 g/mol. The number of fused-ring (bicyclic) bond motifs is 6. The molecule has 1 fully saturated rings. The second kappa shape index (κ2) is 11.3. The summed E-state index contributed by atoms with van der Waals surface area (Å²) in [6, 6.07) is 14.2. The summed E-state index contributed by atoms with van der Waals surface area (Å²) in [5, 5.41) is 6.85. The fourth-order valence-corrected chi connectivity index (χ4v) is 6.81. The van der Waals surface area contributed by atoms with Gasteiger partial charge in [-0.25, -0.2) is 18.2 Å². The number of pyridine rings is 1. The molecule has 0 aliphatic carbocycles. The minimum Gasteiger partial charge on any atom is -0.493 e. The summed E-state index contributed by atoms with van der Waals surface area (Å²) in [6.45, 7) is 8.44. The molecule has 2 N–H and O–H groups in total. The van der Waals surface area contributed by atoms with E-state index in [4.69, 9.17) is 22.9 Å². The number of nitrogens with zero attached hydrogens (tertiary/aromatic N) is 5. The van der Waals surface area contributed by atoms with Crippen LogP contribution >= 0.6 is 11.6 Å². The second-order valence-corrected chi connectivity index (χ2v) is 12.3. The van der Waals surface area contributed by atoms with Gasteiger partial charge in [0.15, 0.2) is 5.82 Å². The molecule has 0 saturated carbocycles. The molecule has 2 aromatic carbocycles. The van der Waals surface area contributed by atoms with Crippen molar-refractivity contribution in [1.29, 1.82) is 0 Å². The lowest BCUT2D eigenvalue weighted by molar-refractivity contribution is 0.253. The summed E-state index contributed by atoms with van der Waals surface area (Å²) in [5.41, 5.74) is 3.75. The highest BCUT2D eigenvalue weighted by Gasteiger charge is 2.34. The lowest BCUT2D eigenvalue weighted by Crippen LogP contribution is -2.29. The molecule has 0 amide bonds. The fourth-order valence-electron chi connectivity index (χ4n) is 5.01. The molecule has 2 aromatic heterocycles. The van der Waals surface area contributed by atoms with Crippen molar-refractivity contribution < 1.29 is 13.2 Å². The van der Waals surface area contributed by atoms with Gasteiger partial charge in [-0.1, -0.05) is 35.9 Å². The van der Waals surface area contributed by atoms with Crippen LogP contribution in [0.5, 0.6) is 5.75 Å². The Morgan fingerprint density at radius 2 is 1.95 bits per heavy atom. The Balaban J connectivity index is 1.21. The Morgan fingerprint density at radius 3 is 2.83 bits per heavy atom. The van der Waals surface area contributed by atoms with E-state index in [1.54, 1.807) is 24.5 Å². The average molecular weight is 588 g/mol. The van der Waals surface area contributed by atoms with Gasteiger partial charge < -0.3 is 15.4 Å². The summed E-state index contributed by atoms with van der Waals surface area (Å²) in [6.07, 6.45) is 7.20. The van der Waals surface area contributed by atoms with Crippen molar-refractivity contribution in [2.45, 2.75) is 24.2 Å². The minimum atomic E-state index is -3.76. The van der Waals surface area contributed by atoms with Gasteiger partial charge in [-0.3, -0.25) is 4.98 Å². The summed E-state index contributed by atoms with van der Waals surface area (Å²) < 4.78 is 34.3. The molecule has 2 aliphatic heterocycles. The van der Waals surface area contributed by atoms with Crippen LogP contribution in [-0.4, -0.2) is 47.4 Å². The SMILES string of the molecule is [C-]#[N+]c1ccccc1S(=O)(=O)N1CCC(COc2ccc3cc2CCc2cncc(c2)Nc2ncc(Cl)c(n2)N3)C1. The van der Waals surface area contributed by atoms with Crippen LogP contribution in [0.3, 0.4) is 0 Å². The van der Waals surface area contributed by atoms with E-state index in [1.165, 1.54) is 16.4 Å². The van der Waals surface area contributed by atoms with E-state index in [2.05, 4.69) is 30.4 Å². The zero-order valence-corrected chi connectivity index (χ0v) is 23.5. The monoisotopic (exact) mass is 587 g/mol. The number of halogens is 1. The maximum absolute atomic E-state index is 13.3. The summed E-state index contributed by atoms with van der Waals surface area (Å²) in [7, 11) is -3.76. The molecular formula is C29H26ClN7O3S. The third-order valence-electron chi connectivity index (χ3n) is 7.13. The first-order chi connectivity index (χ1) is 19.9. The summed E-state index contributed by atoms with van der Waals surface area (Å²) >= 11 is 6.37. The molecule has 12 heteroatoms. The number of rotatable bonds is 5. The van der Waals surface area contributed by atoms with Crippen LogP contribution in [0.2, 0.25) is 5.02 Å². The van der Waals surface area contributed by atoms with E-state index < -0.39 is 10.0 Å². The number of hydrogen-bond acceptors (Lipinski definition) is 8. The number of benzene rings is 2. The van der Waals surface area contributed by atoms with Crippen LogP contribution in [0.1, 0.15) is 17.5 Å². The van der Waals surface area contributed by atoms with E-state index in [0.717, 1.165) is 34.7 Å². The van der Waals surface area contributed by atoms with Crippen molar-refractivity contribution >= 4 is 50.5 Å². The van der Waals surface area contributed by atoms with Crippen molar-refractivity contribution in [2.75, 3.05) is 30.3 Å². The molecule has 6 rings (SSSR count). The number of ether oxygens (including phenoxy) is 1. The van der Waals surface area contributed by atoms with E-state index in [9.17, 15) is 8.42 Å². The Hall–Kier alpha value is -4.24. The van der Waals surface area contributed by atoms with Crippen molar-refractivity contribution in [1.82, 2.24) is 19.3 Å². The predicted octanol–water partition coefficient (Wildman–Crippen LogP) is 5.75. The van der Waals surface area contributed by atoms with Crippen molar-refractivity contribution in [3.05, 3.63) is 94.7 Å². The van der Waals surface area contributed by atoms with Gasteiger partial charge in [0.25, 0.3) is 0 Å². The van der Waals surface area contributed by atoms with Crippen molar-refractivity contribution in [2.24, 2.45) is 5.92 Å². The van der Waals surface area contributed by atoms with Gasteiger partial charge in [-0.05, 0) is 54.7 Å². The van der Waals surface area contributed by atoms with Crippen LogP contribution in [0, 0.1) is 12.5 Å². The molecule has 208 valence electrons. The highest BCUT2D eigenvalue weighted by atomic mass is 35.5. The largest absolute Gasteiger partial charge is 0.493 e. The number of para-hydroxylation sites is 1. The van der Waals surface area contributed by atoms with E-state index in [-0.39, 0.29) is 16.5 Å². The van der Waals surface area contributed by atoms with Crippen molar-refractivity contribution in [3.8, 4) is 5.75 Å². The normalized spacial score (nSPS) is 16.7. The first-order valence-electron chi connectivity index (χ1n) is 13.1. The molecule has 2 aliphatic rings. The molecule has 4 heterocycles. The van der Waals surface area contributed by atoms with Gasteiger partial charge in [0.1, 0.15) is 10.8 Å². The lowest BCUT2D eigenvalue weighted by Gasteiger charge is -2.19. The third-order valence-corrected chi connectivity index (χ3v) is 9.32. The van der Waals surface area contributed by atoms with Crippen molar-refractivity contribution in [3.63, 3.8) is 0 Å². The quantitative estimate of drug-likeness (QED) is 0.284. The van der Waals surface area contributed by atoms with Gasteiger partial charge in [0, 0.05) is 30.9 Å². The second-order valence-electron chi connectivity index (χ2n) is 9.95. The molecule has 10 nitrogen and oxygen atoms in total. The zero-order chi connectivity index (χ0) is 28.4. The number of aryl methyl sites for hydroxylation is 2. The fraction of sp³-hybridized carbons (Fsp3) is 0.241. The van der Waals surface area contributed by atoms with Crippen LogP contribution in [0.25, 0.3) is 4.85 Å². The van der Waals surface area contributed by atoms with E-state index >= 15 is 0 Å². The molecule has 41 heavy (non-hydrogen) atoms. The Labute approximate surface area is 243 Å². The Morgan fingerprint density at radius 1 is 1.07 bits per heavy atom. The zero-order valence-electron chi connectivity index (χ0n) is 21.9. The van der Waals surface area contributed by atoms with Crippen LogP contribution in [-0.2, 0) is 22.9 Å². The van der Waals surface area contributed by atoms with Gasteiger partial charge >= 0.3 is 0 Å². The number of aromatic nitrogens is 3. The van der Waals surface area contributed by atoms with Gasteiger partial charge in [0.2, 0.25) is 21.7 Å². The first kappa shape index (κ1) is 27.0. The van der Waals surface area contributed by atoms with Crippen LogP contribution < -0.4 is 15.4 Å². The number of sulfonamides is 1. The predicted molar refractivity (Wildman–Crippen MR) is 157 cm³/mol. The molecule has 0 spiro atoms. The van der Waals surface area contributed by atoms with E-state index in [0.29, 0.717) is 49.3 Å². The molecule has 6 bridgehead atoms. The van der Waals surface area contributed by atoms with Gasteiger partial charge in [-0.15, -0.1) is 0 Å². The molecule has 4 aromatic rings. The molecule has 1 unspecified atom stereocenters. The maximum atomic E-state index is 13.3. The first-order valence-corrected chi connectivity index (χ1v) is 14.9. The smallest absolute Gasteiger partial charge is 0.233 e. The highest BCUT2D eigenvalue weighted by molar-refractivity contribution is 7.89. The summed E-state index contributed by atoms with van der Waals surface area (Å²) in [4.78, 5) is 16.6. The Kier molecular flexibility index (Phi) is 7.45. The van der Waals surface area contributed by atoms with Gasteiger partial charge in [0.05, 0.1) is 36.2 Å². The van der Waals surface area contributed by atoms with Crippen LogP contribution in [0.4, 0.5) is 28.8 Å². The molecule has 1 atom stereocenters. The van der Waals surface area contributed by atoms with Gasteiger partial charge in [-0.2, -0.15) is 9.29 Å². The minimum absolute atomic E-state index is 0.0230. The highest BCUT2D eigenvalue weighted by Crippen LogP contribution is 2.33. The third kappa shape index (κ3) is 5.81. The lowest BCUT2D eigenvalue weighted by atomic mass is 10.0. The van der Waals surface area contributed by atoms with E-state index in [1.807, 2.05) is 30.5 Å². The summed E-state index contributed by atoms with van der Waals surface area (Å²) in [5.74, 6) is 1.64. The van der Waals surface area contributed by atoms with Crippen LogP contribution in [0.15, 0.2) is 72.0 Å². The number of nitrogens with one attached hydrogen (secondary N) is 2. The molecule has 1 saturated heterocycles. The topological polar surface area (TPSA) is 114 Å². The Bertz CT molecular complexity index is 1760. The molecule has 0 radical (unpaired) electrons. The standard InChI is InChI=1S/C29H26ClN7O3S/c1-31-25-4-2-3-5-27(25)41(38,39)37-11-10-20(17-37)18-40-26-9-8-22-13-21(26)7-6-19-12-23(15-32-14-19)35-29-33-16-24(30)28(34-22)36-29/h2-5,8-9,12-16,20H,6-7,10-11,17-18H2,(H2,33,34,35,36). The maximum Gasteiger partial charge on any atom is 0.233 e.